The van der Waals surface area contributed by atoms with Crippen LogP contribution in [0.25, 0.3) is 0 Å². The van der Waals surface area contributed by atoms with E-state index >= 15 is 0 Å². The lowest BCUT2D eigenvalue weighted by molar-refractivity contribution is -0.119. The summed E-state index contributed by atoms with van der Waals surface area (Å²) in [6, 6.07) is 4.78. The van der Waals surface area contributed by atoms with Gasteiger partial charge in [0, 0.05) is 18.2 Å². The van der Waals surface area contributed by atoms with E-state index < -0.39 is 34.6 Å². The number of carbonyl (C=O) groups is 2. The molecule has 0 aliphatic heterocycles. The molecule has 32 heavy (non-hydrogen) atoms. The number of benzene rings is 1. The predicted octanol–water partition coefficient (Wildman–Crippen LogP) is 4.77. The van der Waals surface area contributed by atoms with E-state index in [-0.39, 0.29) is 30.2 Å². The summed E-state index contributed by atoms with van der Waals surface area (Å²) in [6.07, 6.45) is 0.496. The van der Waals surface area contributed by atoms with Crippen molar-refractivity contribution in [2.24, 2.45) is 21.9 Å². The quantitative estimate of drug-likeness (QED) is 0.574. The minimum Gasteiger partial charge on any atom is -0.394 e. The lowest BCUT2D eigenvalue weighted by Crippen LogP contribution is -2.36. The van der Waals surface area contributed by atoms with E-state index in [4.69, 9.17) is 11.5 Å². The number of carbonyl (C=O) groups excluding carboxylic acids is 2. The van der Waals surface area contributed by atoms with E-state index in [9.17, 15) is 22.8 Å². The third-order valence-electron chi connectivity index (χ3n) is 5.92. The number of hydrogen-bond donors (Lipinski definition) is 3. The Morgan fingerprint density at radius 2 is 1.78 bits per heavy atom. The smallest absolute Gasteiger partial charge is 0.394 e. The van der Waals surface area contributed by atoms with Crippen LogP contribution in [0.15, 0.2) is 34.5 Å². The van der Waals surface area contributed by atoms with Gasteiger partial charge in [0.05, 0.1) is 22.5 Å². The summed E-state index contributed by atoms with van der Waals surface area (Å²) in [4.78, 5) is 28.9. The molecule has 5 N–H and O–H groups in total. The Bertz CT molecular complexity index is 974. The van der Waals surface area contributed by atoms with Crippen molar-refractivity contribution in [1.82, 2.24) is 0 Å². The van der Waals surface area contributed by atoms with Gasteiger partial charge in [-0.05, 0) is 42.9 Å². The first-order chi connectivity index (χ1) is 14.9. The minimum absolute atomic E-state index is 0.00323. The maximum atomic E-state index is 13.3. The van der Waals surface area contributed by atoms with Crippen molar-refractivity contribution in [1.29, 1.82) is 0 Å². The summed E-state index contributed by atoms with van der Waals surface area (Å²) in [5.74, 6) is -1.29. The van der Waals surface area contributed by atoms with Gasteiger partial charge in [-0.25, -0.2) is 0 Å². The second-order valence-corrected chi connectivity index (χ2v) is 9.36. The van der Waals surface area contributed by atoms with E-state index in [1.165, 1.54) is 12.1 Å². The number of rotatable bonds is 4. The molecule has 0 radical (unpaired) electrons. The molecule has 6 nitrogen and oxygen atoms in total. The molecule has 2 fully saturated rings. The fourth-order valence-corrected chi connectivity index (χ4v) is 4.39. The van der Waals surface area contributed by atoms with Crippen LogP contribution in [0.3, 0.4) is 0 Å². The predicted molar refractivity (Wildman–Crippen MR) is 118 cm³/mol. The van der Waals surface area contributed by atoms with Crippen LogP contribution in [-0.4, -0.2) is 29.6 Å². The molecule has 1 amide bonds. The van der Waals surface area contributed by atoms with Crippen molar-refractivity contribution >= 4 is 28.8 Å². The van der Waals surface area contributed by atoms with Crippen LogP contribution in [0.4, 0.5) is 24.5 Å². The molecule has 2 aliphatic carbocycles. The molecule has 2 saturated carbocycles. The highest BCUT2D eigenvalue weighted by Gasteiger charge is 2.42. The van der Waals surface area contributed by atoms with E-state index in [0.29, 0.717) is 11.4 Å². The van der Waals surface area contributed by atoms with E-state index in [0.717, 1.165) is 32.1 Å². The number of alkyl halides is 3. The van der Waals surface area contributed by atoms with Crippen LogP contribution >= 0.6 is 0 Å². The number of anilines is 1. The fourth-order valence-electron chi connectivity index (χ4n) is 4.39. The Hall–Kier alpha value is -2.84. The number of Topliss-reactive ketones (excluding diaryl/α,β-unsaturated/α-hetero) is 1. The Balaban J connectivity index is 2.06. The minimum atomic E-state index is -4.84. The zero-order chi connectivity index (χ0) is 23.7. The first-order valence-corrected chi connectivity index (χ1v) is 10.8. The number of nitrogens with two attached hydrogens (primary N) is 2. The second kappa shape index (κ2) is 8.96. The lowest BCUT2D eigenvalue weighted by atomic mass is 9.73. The zero-order valence-corrected chi connectivity index (χ0v) is 18.3. The summed E-state index contributed by atoms with van der Waals surface area (Å²) in [5, 5.41) is 3.34. The molecule has 1 aromatic carbocycles. The number of primary amides is 1. The molecular weight excluding hydrogens is 421 g/mol. The maximum absolute atomic E-state index is 13.3. The molecule has 1 aromatic rings. The van der Waals surface area contributed by atoms with E-state index in [2.05, 4.69) is 10.3 Å². The van der Waals surface area contributed by atoms with Crippen LogP contribution in [0.2, 0.25) is 0 Å². The Labute approximate surface area is 185 Å². The Morgan fingerprint density at radius 3 is 2.38 bits per heavy atom. The topological polar surface area (TPSA) is 111 Å². The van der Waals surface area contributed by atoms with Gasteiger partial charge >= 0.3 is 6.18 Å². The van der Waals surface area contributed by atoms with Crippen LogP contribution in [0, 0.1) is 5.41 Å². The normalized spacial score (nSPS) is 22.7. The molecule has 0 unspecified atom stereocenters. The number of allylic oxidation sites excluding steroid dienone is 2. The summed E-state index contributed by atoms with van der Waals surface area (Å²) >= 11 is 0. The fraction of sp³-hybridized carbons (Fsp3) is 0.522. The van der Waals surface area contributed by atoms with Crippen molar-refractivity contribution in [3.63, 3.8) is 0 Å². The lowest BCUT2D eigenvalue weighted by Gasteiger charge is -2.32. The molecular formula is C23H29F3N4O2. The summed E-state index contributed by atoms with van der Waals surface area (Å²) < 4.78 is 40.0. The number of amides is 1. The summed E-state index contributed by atoms with van der Waals surface area (Å²) in [6.45, 7) is 3.60. The third-order valence-corrected chi connectivity index (χ3v) is 5.92. The molecule has 0 aromatic heterocycles. The summed E-state index contributed by atoms with van der Waals surface area (Å²) in [7, 11) is 0. The van der Waals surface area contributed by atoms with Gasteiger partial charge in [0.2, 0.25) is 0 Å². The monoisotopic (exact) mass is 450 g/mol. The van der Waals surface area contributed by atoms with Crippen LogP contribution < -0.4 is 16.8 Å². The average Bonchev–Trinajstić information content (AvgIpc) is 2.66. The summed E-state index contributed by atoms with van der Waals surface area (Å²) in [5.41, 5.74) is 9.39. The van der Waals surface area contributed by atoms with Gasteiger partial charge in [-0.3, -0.25) is 14.6 Å². The van der Waals surface area contributed by atoms with Crippen molar-refractivity contribution < 1.29 is 22.8 Å². The van der Waals surface area contributed by atoms with Crippen molar-refractivity contribution in [2.75, 3.05) is 5.32 Å². The molecule has 0 saturated heterocycles. The van der Waals surface area contributed by atoms with Gasteiger partial charge in [0.15, 0.2) is 5.78 Å². The van der Waals surface area contributed by atoms with Crippen molar-refractivity contribution in [3.05, 3.63) is 35.0 Å². The van der Waals surface area contributed by atoms with Crippen LogP contribution in [0.1, 0.15) is 69.2 Å². The van der Waals surface area contributed by atoms with Crippen LogP contribution in [0.5, 0.6) is 0 Å². The molecule has 2 aliphatic rings. The third kappa shape index (κ3) is 5.49. The van der Waals surface area contributed by atoms with Crippen molar-refractivity contribution in [3.8, 4) is 0 Å². The van der Waals surface area contributed by atoms with Crippen LogP contribution in [-0.2, 0) is 4.79 Å². The SMILES string of the molecule is CC1(C)CC(=O)/C(=C(/N)C(F)(F)F)C(=Nc2ccc(C(N)=O)c(NC3CCCCC3)c2)C1. The average molecular weight is 451 g/mol. The number of hydrogen-bond acceptors (Lipinski definition) is 5. The maximum Gasteiger partial charge on any atom is 0.431 e. The molecule has 3 rings (SSSR count). The molecule has 0 bridgehead atoms. The number of aliphatic imine (C=N–C) groups is 1. The Kier molecular flexibility index (Phi) is 6.67. The van der Waals surface area contributed by atoms with Gasteiger partial charge in [-0.2, -0.15) is 13.2 Å². The standard InChI is InChI=1S/C23H29F3N4O2/c1-22(2)11-17(19(18(31)12-22)20(27)23(24,25)26)30-14-8-9-15(21(28)32)16(10-14)29-13-6-4-3-5-7-13/h8-10,13,29H,3-7,11-12,27H2,1-2H3,(H2,28,32)/b20-19+,30-17?. The molecule has 0 heterocycles. The number of halogens is 3. The Morgan fingerprint density at radius 1 is 1.12 bits per heavy atom. The number of ketones is 1. The molecule has 0 atom stereocenters. The molecule has 174 valence electrons. The number of nitrogens with zero attached hydrogens (tertiary/aromatic N) is 1. The van der Waals surface area contributed by atoms with Gasteiger partial charge in [-0.15, -0.1) is 0 Å². The molecule has 9 heteroatoms. The second-order valence-electron chi connectivity index (χ2n) is 9.36. The highest BCUT2D eigenvalue weighted by atomic mass is 19.4. The van der Waals surface area contributed by atoms with Gasteiger partial charge in [0.25, 0.3) is 5.91 Å². The zero-order valence-electron chi connectivity index (χ0n) is 18.3. The first kappa shape index (κ1) is 23.8. The molecule has 0 spiro atoms. The van der Waals surface area contributed by atoms with Gasteiger partial charge < -0.3 is 16.8 Å². The highest BCUT2D eigenvalue weighted by Crippen LogP contribution is 2.39. The number of nitrogens with one attached hydrogen (secondary N) is 1. The highest BCUT2D eigenvalue weighted by molar-refractivity contribution is 6.25. The van der Waals surface area contributed by atoms with E-state index in [1.54, 1.807) is 19.9 Å². The first-order valence-electron chi connectivity index (χ1n) is 10.8. The van der Waals surface area contributed by atoms with Crippen molar-refractivity contribution in [2.45, 2.75) is 71.0 Å². The van der Waals surface area contributed by atoms with Gasteiger partial charge in [0.1, 0.15) is 5.70 Å². The largest absolute Gasteiger partial charge is 0.431 e. The van der Waals surface area contributed by atoms with Gasteiger partial charge in [-0.1, -0.05) is 33.1 Å². The van der Waals surface area contributed by atoms with E-state index in [1.807, 2.05) is 0 Å².